The van der Waals surface area contributed by atoms with Gasteiger partial charge >= 0.3 is 0 Å². The lowest BCUT2D eigenvalue weighted by Crippen LogP contribution is -2.32. The molecule has 0 fully saturated rings. The molecule has 1 aromatic carbocycles. The third kappa shape index (κ3) is 2.41. The fraction of sp³-hybridized carbons (Fsp3) is 0.533. The van der Waals surface area contributed by atoms with E-state index in [4.69, 9.17) is 4.99 Å². The average Bonchev–Trinajstić information content (AvgIpc) is 2.94. The molecule has 1 heterocycles. The Hall–Kier alpha value is -0.960. The van der Waals surface area contributed by atoms with Gasteiger partial charge in [-0.25, -0.2) is 0 Å². The van der Waals surface area contributed by atoms with Crippen LogP contribution in [0.15, 0.2) is 29.3 Å². The Morgan fingerprint density at radius 2 is 1.89 bits per heavy atom. The summed E-state index contributed by atoms with van der Waals surface area (Å²) in [6.07, 6.45) is 2.28. The van der Waals surface area contributed by atoms with Crippen molar-refractivity contribution in [3.63, 3.8) is 0 Å². The first-order valence-electron chi connectivity index (χ1n) is 6.76. The molecule has 2 aliphatic rings. The highest BCUT2D eigenvalue weighted by Gasteiger charge is 2.26. The Kier molecular flexibility index (Phi) is 3.33. The summed E-state index contributed by atoms with van der Waals surface area (Å²) < 4.78 is 0. The van der Waals surface area contributed by atoms with Gasteiger partial charge < -0.3 is 5.32 Å². The molecule has 18 heavy (non-hydrogen) atoms. The van der Waals surface area contributed by atoms with Crippen LogP contribution in [0.1, 0.15) is 25.0 Å². The highest BCUT2D eigenvalue weighted by molar-refractivity contribution is 8.14. The van der Waals surface area contributed by atoms with Crippen LogP contribution in [-0.4, -0.2) is 23.0 Å². The van der Waals surface area contributed by atoms with E-state index in [1.54, 1.807) is 0 Å². The molecular weight excluding hydrogens is 240 g/mol. The van der Waals surface area contributed by atoms with Gasteiger partial charge in [0.05, 0.1) is 6.04 Å². The van der Waals surface area contributed by atoms with Gasteiger partial charge in [-0.15, -0.1) is 0 Å². The highest BCUT2D eigenvalue weighted by atomic mass is 32.2. The average molecular weight is 260 g/mol. The van der Waals surface area contributed by atoms with Crippen molar-refractivity contribution in [2.45, 2.75) is 38.8 Å². The molecule has 0 amide bonds. The molecule has 3 rings (SSSR count). The van der Waals surface area contributed by atoms with Gasteiger partial charge in [-0.3, -0.25) is 4.99 Å². The Morgan fingerprint density at radius 1 is 1.22 bits per heavy atom. The molecule has 0 bridgehead atoms. The van der Waals surface area contributed by atoms with E-state index in [1.807, 2.05) is 11.8 Å². The number of hydrogen-bond acceptors (Lipinski definition) is 3. The van der Waals surface area contributed by atoms with E-state index < -0.39 is 0 Å². The van der Waals surface area contributed by atoms with Crippen molar-refractivity contribution in [3.8, 4) is 0 Å². The third-order valence-corrected chi connectivity index (χ3v) is 4.83. The zero-order valence-corrected chi connectivity index (χ0v) is 11.8. The Labute approximate surface area is 113 Å². The number of rotatable bonds is 2. The number of aliphatic imine (C=N–C) groups is 1. The van der Waals surface area contributed by atoms with Crippen molar-refractivity contribution >= 4 is 16.9 Å². The number of thioether (sulfide) groups is 1. The second-order valence-electron chi connectivity index (χ2n) is 5.57. The van der Waals surface area contributed by atoms with E-state index in [2.05, 4.69) is 43.4 Å². The normalized spacial score (nSPS) is 23.3. The summed E-state index contributed by atoms with van der Waals surface area (Å²) in [5.74, 6) is 1.79. The van der Waals surface area contributed by atoms with Gasteiger partial charge in [0.25, 0.3) is 0 Å². The van der Waals surface area contributed by atoms with Crippen LogP contribution in [0.2, 0.25) is 0 Å². The van der Waals surface area contributed by atoms with Crippen molar-refractivity contribution in [2.75, 3.05) is 5.75 Å². The molecule has 1 unspecified atom stereocenters. The molecule has 0 radical (unpaired) electrons. The van der Waals surface area contributed by atoms with Crippen LogP contribution >= 0.6 is 11.8 Å². The minimum absolute atomic E-state index is 0.501. The van der Waals surface area contributed by atoms with Gasteiger partial charge in [0.2, 0.25) is 0 Å². The Morgan fingerprint density at radius 3 is 2.44 bits per heavy atom. The second-order valence-corrected chi connectivity index (χ2v) is 6.58. The molecule has 3 heteroatoms. The second kappa shape index (κ2) is 4.96. The van der Waals surface area contributed by atoms with Crippen LogP contribution in [0, 0.1) is 5.92 Å². The summed E-state index contributed by atoms with van der Waals surface area (Å²) in [5.41, 5.74) is 3.00. The van der Waals surface area contributed by atoms with Gasteiger partial charge in [0, 0.05) is 11.8 Å². The van der Waals surface area contributed by atoms with E-state index in [0.717, 1.165) is 23.8 Å². The molecule has 96 valence electrons. The van der Waals surface area contributed by atoms with Gasteiger partial charge in [0.15, 0.2) is 5.17 Å². The van der Waals surface area contributed by atoms with E-state index in [1.165, 1.54) is 11.1 Å². The lowest BCUT2D eigenvalue weighted by atomic mass is 10.1. The van der Waals surface area contributed by atoms with Crippen LogP contribution in [0.5, 0.6) is 0 Å². The largest absolute Gasteiger partial charge is 0.362 e. The zero-order valence-electron chi connectivity index (χ0n) is 11.0. The third-order valence-electron chi connectivity index (χ3n) is 3.82. The first-order valence-corrected chi connectivity index (χ1v) is 7.75. The van der Waals surface area contributed by atoms with Crippen molar-refractivity contribution < 1.29 is 0 Å². The van der Waals surface area contributed by atoms with E-state index in [9.17, 15) is 0 Å². The molecule has 1 aliphatic carbocycles. The topological polar surface area (TPSA) is 24.4 Å². The summed E-state index contributed by atoms with van der Waals surface area (Å²) in [5, 5.41) is 4.78. The molecule has 1 N–H and O–H groups in total. The molecule has 1 atom stereocenters. The van der Waals surface area contributed by atoms with Crippen LogP contribution in [-0.2, 0) is 12.8 Å². The van der Waals surface area contributed by atoms with Crippen LogP contribution in [0.4, 0.5) is 0 Å². The molecule has 0 saturated heterocycles. The summed E-state index contributed by atoms with van der Waals surface area (Å²) in [6.45, 7) is 4.51. The smallest absolute Gasteiger partial charge is 0.157 e. The van der Waals surface area contributed by atoms with Crippen molar-refractivity contribution in [2.24, 2.45) is 10.9 Å². The summed E-state index contributed by atoms with van der Waals surface area (Å²) in [6, 6.07) is 9.81. The highest BCUT2D eigenvalue weighted by Crippen LogP contribution is 2.25. The Balaban J connectivity index is 1.62. The zero-order chi connectivity index (χ0) is 12.5. The summed E-state index contributed by atoms with van der Waals surface area (Å²) in [7, 11) is 0. The quantitative estimate of drug-likeness (QED) is 0.884. The molecule has 0 aromatic heterocycles. The Bertz CT molecular complexity index is 442. The molecule has 0 saturated carbocycles. The van der Waals surface area contributed by atoms with E-state index >= 15 is 0 Å². The molecular formula is C15H20N2S. The number of amidine groups is 1. The lowest BCUT2D eigenvalue weighted by Gasteiger charge is -2.12. The molecule has 2 nitrogen and oxygen atoms in total. The molecule has 1 aliphatic heterocycles. The number of nitrogens with zero attached hydrogens (tertiary/aromatic N) is 1. The monoisotopic (exact) mass is 260 g/mol. The van der Waals surface area contributed by atoms with Gasteiger partial charge in [-0.1, -0.05) is 49.9 Å². The maximum absolute atomic E-state index is 4.78. The standard InChI is InChI=1S/C15H20N2S/c1-10(2)14-9-18-15(17-14)16-13-7-11-5-3-4-6-12(11)8-13/h3-6,10,13-14H,7-9H2,1-2H3,(H,16,17). The predicted octanol–water partition coefficient (Wildman–Crippen LogP) is 2.87. The fourth-order valence-corrected chi connectivity index (χ4v) is 3.89. The van der Waals surface area contributed by atoms with Gasteiger partial charge in [-0.2, -0.15) is 0 Å². The van der Waals surface area contributed by atoms with Gasteiger partial charge in [-0.05, 0) is 29.9 Å². The number of nitrogens with one attached hydrogen (secondary N) is 1. The number of hydrogen-bond donors (Lipinski definition) is 1. The first-order chi connectivity index (χ1) is 8.72. The number of fused-ring (bicyclic) bond motifs is 1. The minimum Gasteiger partial charge on any atom is -0.362 e. The van der Waals surface area contributed by atoms with Crippen molar-refractivity contribution in [1.82, 2.24) is 5.32 Å². The van der Waals surface area contributed by atoms with Crippen LogP contribution in [0.3, 0.4) is 0 Å². The van der Waals surface area contributed by atoms with Crippen molar-refractivity contribution in [3.05, 3.63) is 35.4 Å². The summed E-state index contributed by atoms with van der Waals surface area (Å²) >= 11 is 1.88. The van der Waals surface area contributed by atoms with Crippen molar-refractivity contribution in [1.29, 1.82) is 0 Å². The SMILES string of the molecule is CC(C)C1CSC(NC2Cc3ccccc3C2)=N1. The maximum atomic E-state index is 4.78. The maximum Gasteiger partial charge on any atom is 0.157 e. The predicted molar refractivity (Wildman–Crippen MR) is 79.3 cm³/mol. The van der Waals surface area contributed by atoms with E-state index in [-0.39, 0.29) is 0 Å². The molecule has 1 aromatic rings. The van der Waals surface area contributed by atoms with E-state index in [0.29, 0.717) is 18.0 Å². The fourth-order valence-electron chi connectivity index (χ4n) is 2.65. The van der Waals surface area contributed by atoms with Crippen LogP contribution < -0.4 is 5.32 Å². The lowest BCUT2D eigenvalue weighted by molar-refractivity contribution is 0.540. The first kappa shape index (κ1) is 12.1. The van der Waals surface area contributed by atoms with Gasteiger partial charge in [0.1, 0.15) is 0 Å². The van der Waals surface area contributed by atoms with Crippen LogP contribution in [0.25, 0.3) is 0 Å². The summed E-state index contributed by atoms with van der Waals surface area (Å²) in [4.78, 5) is 4.78. The molecule has 0 spiro atoms. The number of benzene rings is 1. The minimum atomic E-state index is 0.501.